The SMILES string of the molecule is O=C(O)CCCN1CCC(Nc2ccc3c(c2)CN(C(=O)c2ccc(O)cc2)C3)CC1. The number of benzene rings is 2. The zero-order chi connectivity index (χ0) is 21.8. The van der Waals surface area contributed by atoms with E-state index in [0.29, 0.717) is 31.1 Å². The minimum atomic E-state index is -0.725. The molecule has 2 aromatic rings. The molecule has 7 heteroatoms. The third kappa shape index (κ3) is 5.35. The van der Waals surface area contributed by atoms with E-state index in [9.17, 15) is 14.7 Å². The summed E-state index contributed by atoms with van der Waals surface area (Å²) < 4.78 is 0. The molecule has 0 saturated carbocycles. The molecule has 2 aromatic carbocycles. The number of hydrogen-bond donors (Lipinski definition) is 3. The fourth-order valence-electron chi connectivity index (χ4n) is 4.40. The van der Waals surface area contributed by atoms with Crippen LogP contribution < -0.4 is 5.32 Å². The molecule has 1 saturated heterocycles. The topological polar surface area (TPSA) is 93.1 Å². The van der Waals surface area contributed by atoms with Gasteiger partial charge in [0.05, 0.1) is 0 Å². The van der Waals surface area contributed by atoms with Gasteiger partial charge in [-0.3, -0.25) is 9.59 Å². The fraction of sp³-hybridized carbons (Fsp3) is 0.417. The van der Waals surface area contributed by atoms with E-state index in [-0.39, 0.29) is 18.1 Å². The number of aliphatic carboxylic acids is 1. The minimum absolute atomic E-state index is 0.0269. The second-order valence-corrected chi connectivity index (χ2v) is 8.45. The maximum Gasteiger partial charge on any atom is 0.303 e. The predicted molar refractivity (Wildman–Crippen MR) is 118 cm³/mol. The number of nitrogens with zero attached hydrogens (tertiary/aromatic N) is 2. The van der Waals surface area contributed by atoms with Crippen molar-refractivity contribution in [3.05, 3.63) is 59.2 Å². The van der Waals surface area contributed by atoms with Gasteiger partial charge in [-0.25, -0.2) is 0 Å². The van der Waals surface area contributed by atoms with Gasteiger partial charge in [0.2, 0.25) is 0 Å². The lowest BCUT2D eigenvalue weighted by Gasteiger charge is -2.32. The van der Waals surface area contributed by atoms with Gasteiger partial charge < -0.3 is 25.3 Å². The van der Waals surface area contributed by atoms with Crippen LogP contribution in [0.25, 0.3) is 0 Å². The molecule has 2 aliphatic rings. The maximum absolute atomic E-state index is 12.8. The fourth-order valence-corrected chi connectivity index (χ4v) is 4.40. The van der Waals surface area contributed by atoms with E-state index < -0.39 is 5.97 Å². The van der Waals surface area contributed by atoms with Gasteiger partial charge >= 0.3 is 5.97 Å². The Bertz CT molecular complexity index is 936. The number of hydrogen-bond acceptors (Lipinski definition) is 5. The number of likely N-dealkylation sites (tertiary alicyclic amines) is 1. The monoisotopic (exact) mass is 423 g/mol. The molecule has 2 aliphatic heterocycles. The maximum atomic E-state index is 12.8. The Labute approximate surface area is 182 Å². The number of carboxylic acid groups (broad SMARTS) is 1. The summed E-state index contributed by atoms with van der Waals surface area (Å²) in [5.41, 5.74) is 4.01. The number of piperidine rings is 1. The summed E-state index contributed by atoms with van der Waals surface area (Å²) >= 11 is 0. The van der Waals surface area contributed by atoms with E-state index in [0.717, 1.165) is 38.2 Å². The van der Waals surface area contributed by atoms with Crippen molar-refractivity contribution in [2.75, 3.05) is 25.0 Å². The molecule has 164 valence electrons. The first-order chi connectivity index (χ1) is 15.0. The van der Waals surface area contributed by atoms with E-state index in [1.54, 1.807) is 12.1 Å². The van der Waals surface area contributed by atoms with Crippen LogP contribution >= 0.6 is 0 Å². The first-order valence-electron chi connectivity index (χ1n) is 10.9. The molecule has 1 fully saturated rings. The molecule has 0 atom stereocenters. The number of carbonyl (C=O) groups is 2. The molecule has 0 unspecified atom stereocenters. The van der Waals surface area contributed by atoms with Crippen LogP contribution in [-0.2, 0) is 17.9 Å². The Morgan fingerprint density at radius 3 is 2.42 bits per heavy atom. The number of nitrogens with one attached hydrogen (secondary N) is 1. The molecular formula is C24H29N3O4. The number of phenolic OH excluding ortho intramolecular Hbond substituents is 1. The van der Waals surface area contributed by atoms with Crippen molar-refractivity contribution in [2.45, 2.75) is 44.8 Å². The summed E-state index contributed by atoms with van der Waals surface area (Å²) in [6, 6.07) is 13.1. The van der Waals surface area contributed by atoms with E-state index in [1.165, 1.54) is 23.3 Å². The van der Waals surface area contributed by atoms with Crippen LogP contribution in [0.3, 0.4) is 0 Å². The standard InChI is InChI=1S/C24H29N3O4/c28-22-7-4-17(5-8-22)24(31)27-15-18-3-6-21(14-19(18)16-27)25-20-9-12-26(13-10-20)11-1-2-23(29)30/h3-8,14,20,25,28H,1-2,9-13,15-16H2,(H,29,30). The van der Waals surface area contributed by atoms with E-state index in [2.05, 4.69) is 28.4 Å². The van der Waals surface area contributed by atoms with Gasteiger partial charge in [-0.1, -0.05) is 6.07 Å². The summed E-state index contributed by atoms with van der Waals surface area (Å²) in [6.45, 7) is 4.01. The second-order valence-electron chi connectivity index (χ2n) is 8.45. The van der Waals surface area contributed by atoms with Gasteiger partial charge in [-0.05, 0) is 73.3 Å². The average molecular weight is 424 g/mol. The van der Waals surface area contributed by atoms with Gasteiger partial charge in [-0.2, -0.15) is 0 Å². The highest BCUT2D eigenvalue weighted by atomic mass is 16.4. The van der Waals surface area contributed by atoms with E-state index >= 15 is 0 Å². The Balaban J connectivity index is 1.29. The van der Waals surface area contributed by atoms with Crippen LogP contribution in [0.15, 0.2) is 42.5 Å². The van der Waals surface area contributed by atoms with Crippen LogP contribution in [0.1, 0.15) is 47.2 Å². The molecule has 31 heavy (non-hydrogen) atoms. The van der Waals surface area contributed by atoms with Crippen LogP contribution in [0.2, 0.25) is 0 Å². The molecule has 7 nitrogen and oxygen atoms in total. The van der Waals surface area contributed by atoms with E-state index in [4.69, 9.17) is 5.11 Å². The van der Waals surface area contributed by atoms with Crippen molar-refractivity contribution in [2.24, 2.45) is 0 Å². The number of phenols is 1. The van der Waals surface area contributed by atoms with Crippen molar-refractivity contribution in [1.82, 2.24) is 9.80 Å². The van der Waals surface area contributed by atoms with Crippen LogP contribution in [0.5, 0.6) is 5.75 Å². The third-order valence-corrected chi connectivity index (χ3v) is 6.15. The number of carbonyl (C=O) groups excluding carboxylic acids is 1. The summed E-state index contributed by atoms with van der Waals surface area (Å²) in [5, 5.41) is 21.8. The number of rotatable bonds is 7. The molecule has 1 amide bonds. The largest absolute Gasteiger partial charge is 0.508 e. The second kappa shape index (κ2) is 9.39. The highest BCUT2D eigenvalue weighted by molar-refractivity contribution is 5.94. The Kier molecular flexibility index (Phi) is 6.42. The number of anilines is 1. The lowest BCUT2D eigenvalue weighted by atomic mass is 10.0. The molecule has 2 heterocycles. The van der Waals surface area contributed by atoms with Crippen molar-refractivity contribution >= 4 is 17.6 Å². The Morgan fingerprint density at radius 1 is 1.00 bits per heavy atom. The molecule has 3 N–H and O–H groups in total. The highest BCUT2D eigenvalue weighted by Crippen LogP contribution is 2.28. The quantitative estimate of drug-likeness (QED) is 0.633. The summed E-state index contributed by atoms with van der Waals surface area (Å²) in [6.07, 6.45) is 3.02. The van der Waals surface area contributed by atoms with E-state index in [1.807, 2.05) is 4.90 Å². The number of carboxylic acids is 1. The smallest absolute Gasteiger partial charge is 0.303 e. The number of aromatic hydroxyl groups is 1. The van der Waals surface area contributed by atoms with Crippen LogP contribution in [0.4, 0.5) is 5.69 Å². The van der Waals surface area contributed by atoms with Crippen molar-refractivity contribution in [1.29, 1.82) is 0 Å². The van der Waals surface area contributed by atoms with Crippen molar-refractivity contribution < 1.29 is 19.8 Å². The van der Waals surface area contributed by atoms with Crippen LogP contribution in [-0.4, -0.2) is 57.6 Å². The third-order valence-electron chi connectivity index (χ3n) is 6.15. The normalized spacial score (nSPS) is 16.8. The van der Waals surface area contributed by atoms with Gasteiger partial charge in [-0.15, -0.1) is 0 Å². The van der Waals surface area contributed by atoms with Crippen LogP contribution in [0, 0.1) is 0 Å². The van der Waals surface area contributed by atoms with Crippen molar-refractivity contribution in [3.63, 3.8) is 0 Å². The summed E-state index contributed by atoms with van der Waals surface area (Å²) in [4.78, 5) is 27.6. The molecule has 0 aromatic heterocycles. The Hall–Kier alpha value is -3.06. The minimum Gasteiger partial charge on any atom is -0.508 e. The van der Waals surface area contributed by atoms with Gasteiger partial charge in [0.25, 0.3) is 5.91 Å². The number of amides is 1. The van der Waals surface area contributed by atoms with Gasteiger partial charge in [0.15, 0.2) is 0 Å². The zero-order valence-corrected chi connectivity index (χ0v) is 17.6. The lowest BCUT2D eigenvalue weighted by molar-refractivity contribution is -0.137. The summed E-state index contributed by atoms with van der Waals surface area (Å²) in [5.74, 6) is -0.597. The molecule has 0 aliphatic carbocycles. The zero-order valence-electron chi connectivity index (χ0n) is 17.6. The first kappa shape index (κ1) is 21.2. The predicted octanol–water partition coefficient (Wildman–Crippen LogP) is 3.29. The molecule has 0 bridgehead atoms. The molecule has 0 spiro atoms. The van der Waals surface area contributed by atoms with Gasteiger partial charge in [0.1, 0.15) is 5.75 Å². The lowest BCUT2D eigenvalue weighted by Crippen LogP contribution is -2.39. The first-order valence-corrected chi connectivity index (χ1v) is 10.9. The number of fused-ring (bicyclic) bond motifs is 1. The average Bonchev–Trinajstić information content (AvgIpc) is 3.18. The van der Waals surface area contributed by atoms with Gasteiger partial charge in [0, 0.05) is 49.9 Å². The molecular weight excluding hydrogens is 394 g/mol. The molecule has 4 rings (SSSR count). The highest BCUT2D eigenvalue weighted by Gasteiger charge is 2.25. The molecule has 0 radical (unpaired) electrons. The van der Waals surface area contributed by atoms with Crippen molar-refractivity contribution in [3.8, 4) is 5.75 Å². The summed E-state index contributed by atoms with van der Waals surface area (Å²) in [7, 11) is 0. The Morgan fingerprint density at radius 2 is 1.71 bits per heavy atom.